The molecule has 0 aromatic rings. The van der Waals surface area contributed by atoms with Crippen LogP contribution in [0.5, 0.6) is 0 Å². The van der Waals surface area contributed by atoms with E-state index in [-0.39, 0.29) is 5.91 Å². The van der Waals surface area contributed by atoms with Crippen LogP contribution in [0.4, 0.5) is 0 Å². The van der Waals surface area contributed by atoms with Crippen LogP contribution in [0.3, 0.4) is 0 Å². The van der Waals surface area contributed by atoms with E-state index in [9.17, 15) is 4.79 Å². The first-order valence-electron chi connectivity index (χ1n) is 5.42. The molecular formula is C10H19N3O. The third-order valence-electron chi connectivity index (χ3n) is 3.19. The van der Waals surface area contributed by atoms with Gasteiger partial charge in [0, 0.05) is 38.3 Å². The van der Waals surface area contributed by atoms with Crippen LogP contribution in [0.1, 0.15) is 13.8 Å². The third kappa shape index (κ3) is 1.77. The SMILES string of the molecule is CC(C)N1CCN(C2CNC2)CC1=O. The Morgan fingerprint density at radius 3 is 2.50 bits per heavy atom. The highest BCUT2D eigenvalue weighted by Gasteiger charge is 2.32. The molecule has 2 heterocycles. The van der Waals surface area contributed by atoms with Crippen molar-refractivity contribution in [3.8, 4) is 0 Å². The smallest absolute Gasteiger partial charge is 0.237 e. The van der Waals surface area contributed by atoms with E-state index in [1.165, 1.54) is 0 Å². The third-order valence-corrected chi connectivity index (χ3v) is 3.19. The van der Waals surface area contributed by atoms with Gasteiger partial charge in [-0.2, -0.15) is 0 Å². The van der Waals surface area contributed by atoms with E-state index in [4.69, 9.17) is 0 Å². The number of rotatable bonds is 2. The Morgan fingerprint density at radius 1 is 1.36 bits per heavy atom. The summed E-state index contributed by atoms with van der Waals surface area (Å²) < 4.78 is 0. The number of nitrogens with one attached hydrogen (secondary N) is 1. The molecule has 0 spiro atoms. The van der Waals surface area contributed by atoms with Gasteiger partial charge in [0.1, 0.15) is 0 Å². The Balaban J connectivity index is 1.89. The van der Waals surface area contributed by atoms with Crippen LogP contribution >= 0.6 is 0 Å². The molecule has 0 bridgehead atoms. The fraction of sp³-hybridized carbons (Fsp3) is 0.900. The molecule has 0 unspecified atom stereocenters. The Bertz CT molecular complexity index is 225. The number of carbonyl (C=O) groups excluding carboxylic acids is 1. The molecule has 2 saturated heterocycles. The second-order valence-corrected chi connectivity index (χ2v) is 4.46. The topological polar surface area (TPSA) is 35.6 Å². The second-order valence-electron chi connectivity index (χ2n) is 4.46. The molecule has 80 valence electrons. The highest BCUT2D eigenvalue weighted by molar-refractivity contribution is 5.79. The van der Waals surface area contributed by atoms with Crippen molar-refractivity contribution in [2.45, 2.75) is 25.9 Å². The zero-order valence-electron chi connectivity index (χ0n) is 8.99. The molecule has 14 heavy (non-hydrogen) atoms. The number of hydrogen-bond acceptors (Lipinski definition) is 3. The molecule has 0 saturated carbocycles. The number of hydrogen-bond donors (Lipinski definition) is 1. The summed E-state index contributed by atoms with van der Waals surface area (Å²) >= 11 is 0. The van der Waals surface area contributed by atoms with Crippen molar-refractivity contribution in [3.05, 3.63) is 0 Å². The molecule has 0 aromatic heterocycles. The van der Waals surface area contributed by atoms with Gasteiger partial charge >= 0.3 is 0 Å². The molecule has 1 amide bonds. The van der Waals surface area contributed by atoms with Gasteiger partial charge in [-0.3, -0.25) is 9.69 Å². The predicted octanol–water partition coefficient (Wildman–Crippen LogP) is -0.489. The van der Waals surface area contributed by atoms with Crippen molar-refractivity contribution < 1.29 is 4.79 Å². The average molecular weight is 197 g/mol. The van der Waals surface area contributed by atoms with Crippen LogP contribution in [0.15, 0.2) is 0 Å². The van der Waals surface area contributed by atoms with E-state index in [1.54, 1.807) is 0 Å². The van der Waals surface area contributed by atoms with Crippen molar-refractivity contribution in [1.82, 2.24) is 15.1 Å². The zero-order valence-corrected chi connectivity index (χ0v) is 8.99. The van der Waals surface area contributed by atoms with Gasteiger partial charge in [0.15, 0.2) is 0 Å². The molecule has 2 aliphatic heterocycles. The van der Waals surface area contributed by atoms with Crippen LogP contribution in [-0.2, 0) is 4.79 Å². The minimum Gasteiger partial charge on any atom is -0.338 e. The van der Waals surface area contributed by atoms with Gasteiger partial charge < -0.3 is 10.2 Å². The van der Waals surface area contributed by atoms with Crippen LogP contribution in [0.25, 0.3) is 0 Å². The van der Waals surface area contributed by atoms with Crippen molar-refractivity contribution in [2.75, 3.05) is 32.7 Å². The average Bonchev–Trinajstić information content (AvgIpc) is 2.00. The van der Waals surface area contributed by atoms with Gasteiger partial charge in [0.25, 0.3) is 0 Å². The monoisotopic (exact) mass is 197 g/mol. The van der Waals surface area contributed by atoms with Crippen LogP contribution in [0, 0.1) is 0 Å². The van der Waals surface area contributed by atoms with E-state index >= 15 is 0 Å². The van der Waals surface area contributed by atoms with Gasteiger partial charge in [0.05, 0.1) is 6.54 Å². The summed E-state index contributed by atoms with van der Waals surface area (Å²) in [4.78, 5) is 16.0. The van der Waals surface area contributed by atoms with Crippen LogP contribution in [0.2, 0.25) is 0 Å². The minimum atomic E-state index is 0.290. The number of carbonyl (C=O) groups is 1. The molecule has 2 rings (SSSR count). The fourth-order valence-electron chi connectivity index (χ4n) is 2.09. The summed E-state index contributed by atoms with van der Waals surface area (Å²) in [6.45, 7) is 8.81. The van der Waals surface area contributed by atoms with E-state index in [1.807, 2.05) is 4.90 Å². The van der Waals surface area contributed by atoms with Gasteiger partial charge in [-0.25, -0.2) is 0 Å². The summed E-state index contributed by atoms with van der Waals surface area (Å²) in [6, 6.07) is 0.956. The maximum atomic E-state index is 11.8. The Kier molecular flexibility index (Phi) is 2.74. The Morgan fingerprint density at radius 2 is 2.07 bits per heavy atom. The quantitative estimate of drug-likeness (QED) is 0.649. The molecule has 2 aliphatic rings. The zero-order chi connectivity index (χ0) is 10.1. The number of amides is 1. The molecule has 4 heteroatoms. The van der Waals surface area contributed by atoms with Crippen molar-refractivity contribution in [3.63, 3.8) is 0 Å². The highest BCUT2D eigenvalue weighted by atomic mass is 16.2. The van der Waals surface area contributed by atoms with Crippen molar-refractivity contribution in [2.24, 2.45) is 0 Å². The molecular weight excluding hydrogens is 178 g/mol. The summed E-state index contributed by atoms with van der Waals surface area (Å²) in [7, 11) is 0. The summed E-state index contributed by atoms with van der Waals surface area (Å²) in [5, 5.41) is 3.24. The van der Waals surface area contributed by atoms with Gasteiger partial charge in [-0.1, -0.05) is 0 Å². The first-order valence-corrected chi connectivity index (χ1v) is 5.42. The lowest BCUT2D eigenvalue weighted by atomic mass is 10.1. The molecule has 0 aromatic carbocycles. The standard InChI is InChI=1S/C10H19N3O/c1-8(2)13-4-3-12(7-10(13)14)9-5-11-6-9/h8-9,11H,3-7H2,1-2H3. The van der Waals surface area contributed by atoms with Gasteiger partial charge in [-0.05, 0) is 13.8 Å². The molecule has 2 fully saturated rings. The largest absolute Gasteiger partial charge is 0.338 e. The normalized spacial score (nSPS) is 25.6. The summed E-state index contributed by atoms with van der Waals surface area (Å²) in [6.07, 6.45) is 0. The van der Waals surface area contributed by atoms with E-state index in [2.05, 4.69) is 24.1 Å². The number of piperazine rings is 1. The highest BCUT2D eigenvalue weighted by Crippen LogP contribution is 2.12. The molecule has 0 atom stereocenters. The lowest BCUT2D eigenvalue weighted by Gasteiger charge is -2.43. The summed E-state index contributed by atoms with van der Waals surface area (Å²) in [5.74, 6) is 0.290. The minimum absolute atomic E-state index is 0.290. The van der Waals surface area contributed by atoms with E-state index < -0.39 is 0 Å². The maximum absolute atomic E-state index is 11.8. The number of nitrogens with zero attached hydrogens (tertiary/aromatic N) is 2. The first-order chi connectivity index (χ1) is 6.68. The second kappa shape index (κ2) is 3.87. The first kappa shape index (κ1) is 9.93. The van der Waals surface area contributed by atoms with E-state index in [0.717, 1.165) is 26.2 Å². The fourth-order valence-corrected chi connectivity index (χ4v) is 2.09. The Labute approximate surface area is 85.2 Å². The van der Waals surface area contributed by atoms with E-state index in [0.29, 0.717) is 18.6 Å². The molecule has 4 nitrogen and oxygen atoms in total. The lowest BCUT2D eigenvalue weighted by molar-refractivity contribution is -0.139. The lowest BCUT2D eigenvalue weighted by Crippen LogP contribution is -2.63. The van der Waals surface area contributed by atoms with Gasteiger partial charge in [0.2, 0.25) is 5.91 Å². The molecule has 0 aliphatic carbocycles. The molecule has 1 N–H and O–H groups in total. The Hall–Kier alpha value is -0.610. The molecule has 0 radical (unpaired) electrons. The van der Waals surface area contributed by atoms with Crippen molar-refractivity contribution in [1.29, 1.82) is 0 Å². The van der Waals surface area contributed by atoms with Gasteiger partial charge in [-0.15, -0.1) is 0 Å². The van der Waals surface area contributed by atoms with Crippen LogP contribution in [-0.4, -0.2) is 60.5 Å². The van der Waals surface area contributed by atoms with Crippen molar-refractivity contribution >= 4 is 5.91 Å². The summed E-state index contributed by atoms with van der Waals surface area (Å²) in [5.41, 5.74) is 0. The predicted molar refractivity (Wildman–Crippen MR) is 55.1 cm³/mol. The maximum Gasteiger partial charge on any atom is 0.237 e. The van der Waals surface area contributed by atoms with Crippen LogP contribution < -0.4 is 5.32 Å².